The zero-order valence-corrected chi connectivity index (χ0v) is 12.4. The first kappa shape index (κ1) is 17.1. The molecule has 23 heavy (non-hydrogen) atoms. The molecule has 1 aliphatic rings. The van der Waals surface area contributed by atoms with Crippen molar-refractivity contribution in [1.82, 2.24) is 4.90 Å². The monoisotopic (exact) mass is 329 g/mol. The average Bonchev–Trinajstić information content (AvgIpc) is 2.89. The molecule has 1 N–H and O–H groups in total. The van der Waals surface area contributed by atoms with E-state index >= 15 is 0 Å². The summed E-state index contributed by atoms with van der Waals surface area (Å²) in [6.07, 6.45) is 0.0592. The molecular formula is C15H17F2NO5. The van der Waals surface area contributed by atoms with E-state index in [-0.39, 0.29) is 29.7 Å². The Hall–Kier alpha value is -2.22. The Balaban J connectivity index is 2.12. The van der Waals surface area contributed by atoms with Gasteiger partial charge in [-0.15, -0.1) is 0 Å². The second-order valence-corrected chi connectivity index (χ2v) is 5.21. The molecule has 0 spiro atoms. The summed E-state index contributed by atoms with van der Waals surface area (Å²) in [6.45, 7) is -2.64. The number of nitrogens with zero attached hydrogens (tertiary/aromatic N) is 1. The third-order valence-corrected chi connectivity index (χ3v) is 3.71. The first-order chi connectivity index (χ1) is 10.9. The molecule has 1 fully saturated rings. The van der Waals surface area contributed by atoms with Crippen molar-refractivity contribution in [3.63, 3.8) is 0 Å². The number of hydrogen-bond donors (Lipinski definition) is 1. The minimum Gasteiger partial charge on any atom is -0.481 e. The van der Waals surface area contributed by atoms with Crippen LogP contribution in [0.4, 0.5) is 8.78 Å². The van der Waals surface area contributed by atoms with Crippen molar-refractivity contribution in [2.24, 2.45) is 0 Å². The van der Waals surface area contributed by atoms with Gasteiger partial charge in [0.05, 0.1) is 12.5 Å². The van der Waals surface area contributed by atoms with Gasteiger partial charge in [0.2, 0.25) is 0 Å². The largest absolute Gasteiger partial charge is 0.481 e. The number of hydrogen-bond acceptors (Lipinski definition) is 4. The normalized spacial score (nSPS) is 20.8. The number of carbonyl (C=O) groups excluding carboxylic acids is 1. The highest BCUT2D eigenvalue weighted by atomic mass is 19.3. The number of likely N-dealkylation sites (tertiary alicyclic amines) is 1. The van der Waals surface area contributed by atoms with Gasteiger partial charge in [-0.25, -0.2) is 0 Å². The van der Waals surface area contributed by atoms with Gasteiger partial charge in [-0.3, -0.25) is 9.59 Å². The summed E-state index contributed by atoms with van der Waals surface area (Å²) in [7, 11) is 1.51. The van der Waals surface area contributed by atoms with Crippen LogP contribution in [-0.4, -0.2) is 54.3 Å². The van der Waals surface area contributed by atoms with Gasteiger partial charge in [-0.2, -0.15) is 8.78 Å². The molecular weight excluding hydrogens is 312 g/mol. The molecule has 1 aliphatic heterocycles. The molecule has 1 heterocycles. The van der Waals surface area contributed by atoms with Gasteiger partial charge in [-0.05, 0) is 30.7 Å². The molecule has 6 nitrogen and oxygen atoms in total. The number of rotatable bonds is 6. The van der Waals surface area contributed by atoms with E-state index in [1.54, 1.807) is 0 Å². The lowest BCUT2D eigenvalue weighted by Gasteiger charge is -2.23. The van der Waals surface area contributed by atoms with Crippen LogP contribution in [0.5, 0.6) is 5.75 Å². The number of halogens is 2. The van der Waals surface area contributed by atoms with E-state index in [1.807, 2.05) is 0 Å². The SMILES string of the molecule is COC1CC(CC(=O)O)N(C(=O)c2ccc(OC(F)F)cc2)C1. The van der Waals surface area contributed by atoms with Crippen molar-refractivity contribution >= 4 is 11.9 Å². The van der Waals surface area contributed by atoms with Crippen LogP contribution in [-0.2, 0) is 9.53 Å². The standard InChI is InChI=1S/C15H17F2NO5/c1-22-12-6-10(7-13(19)20)18(8-12)14(21)9-2-4-11(5-3-9)23-15(16)17/h2-5,10,12,15H,6-8H2,1H3,(H,19,20). The fourth-order valence-electron chi connectivity index (χ4n) is 2.63. The van der Waals surface area contributed by atoms with E-state index in [1.165, 1.54) is 36.3 Å². The fourth-order valence-corrected chi connectivity index (χ4v) is 2.63. The van der Waals surface area contributed by atoms with Gasteiger partial charge in [0.15, 0.2) is 0 Å². The number of aliphatic carboxylic acids is 1. The van der Waals surface area contributed by atoms with Crippen LogP contribution in [0.3, 0.4) is 0 Å². The summed E-state index contributed by atoms with van der Waals surface area (Å²) in [4.78, 5) is 24.9. The number of ether oxygens (including phenoxy) is 2. The van der Waals surface area contributed by atoms with Crippen LogP contribution in [0.1, 0.15) is 23.2 Å². The topological polar surface area (TPSA) is 76.1 Å². The highest BCUT2D eigenvalue weighted by Gasteiger charge is 2.36. The molecule has 8 heteroatoms. The van der Waals surface area contributed by atoms with Gasteiger partial charge >= 0.3 is 12.6 Å². The Morgan fingerprint density at radius 1 is 1.35 bits per heavy atom. The predicted octanol–water partition coefficient (Wildman–Crippen LogP) is 1.99. The van der Waals surface area contributed by atoms with Gasteiger partial charge in [0, 0.05) is 25.3 Å². The lowest BCUT2D eigenvalue weighted by Crippen LogP contribution is -2.37. The maximum absolute atomic E-state index is 12.5. The Morgan fingerprint density at radius 2 is 2.00 bits per heavy atom. The molecule has 1 saturated heterocycles. The number of amides is 1. The van der Waals surface area contributed by atoms with Crippen molar-refractivity contribution in [3.05, 3.63) is 29.8 Å². The Bertz CT molecular complexity index is 563. The third-order valence-electron chi connectivity index (χ3n) is 3.71. The number of alkyl halides is 2. The molecule has 0 radical (unpaired) electrons. The molecule has 0 aromatic heterocycles. The van der Waals surface area contributed by atoms with Crippen LogP contribution in [0.2, 0.25) is 0 Å². The van der Waals surface area contributed by atoms with Crippen LogP contribution < -0.4 is 4.74 Å². The van der Waals surface area contributed by atoms with E-state index in [0.717, 1.165) is 0 Å². The van der Waals surface area contributed by atoms with Gasteiger partial charge in [0.25, 0.3) is 5.91 Å². The van der Waals surface area contributed by atoms with E-state index in [0.29, 0.717) is 13.0 Å². The van der Waals surface area contributed by atoms with Crippen LogP contribution in [0, 0.1) is 0 Å². The van der Waals surface area contributed by atoms with Crippen LogP contribution >= 0.6 is 0 Å². The fraction of sp³-hybridized carbons (Fsp3) is 0.467. The molecule has 2 rings (SSSR count). The van der Waals surface area contributed by atoms with E-state index < -0.39 is 18.6 Å². The zero-order chi connectivity index (χ0) is 17.0. The van der Waals surface area contributed by atoms with Crippen molar-refractivity contribution in [2.75, 3.05) is 13.7 Å². The first-order valence-corrected chi connectivity index (χ1v) is 7.01. The minimum absolute atomic E-state index is 0.0465. The minimum atomic E-state index is -2.93. The summed E-state index contributed by atoms with van der Waals surface area (Å²) >= 11 is 0. The molecule has 2 atom stereocenters. The van der Waals surface area contributed by atoms with Crippen molar-refractivity contribution in [1.29, 1.82) is 0 Å². The summed E-state index contributed by atoms with van der Waals surface area (Å²) in [5, 5.41) is 8.96. The summed E-state index contributed by atoms with van der Waals surface area (Å²) in [5.41, 5.74) is 0.277. The van der Waals surface area contributed by atoms with E-state index in [4.69, 9.17) is 9.84 Å². The second-order valence-electron chi connectivity index (χ2n) is 5.21. The maximum Gasteiger partial charge on any atom is 0.387 e. The lowest BCUT2D eigenvalue weighted by molar-refractivity contribution is -0.138. The van der Waals surface area contributed by atoms with E-state index in [2.05, 4.69) is 4.74 Å². The average molecular weight is 329 g/mol. The van der Waals surface area contributed by atoms with Crippen molar-refractivity contribution in [2.45, 2.75) is 31.6 Å². The Kier molecular flexibility index (Phi) is 5.49. The maximum atomic E-state index is 12.5. The molecule has 0 aliphatic carbocycles. The first-order valence-electron chi connectivity index (χ1n) is 7.01. The number of carboxylic acids is 1. The number of carbonyl (C=O) groups is 2. The highest BCUT2D eigenvalue weighted by molar-refractivity contribution is 5.95. The van der Waals surface area contributed by atoms with Crippen molar-refractivity contribution < 1.29 is 33.0 Å². The molecule has 1 amide bonds. The summed E-state index contributed by atoms with van der Waals surface area (Å²) in [6, 6.07) is 4.84. The van der Waals surface area contributed by atoms with Crippen LogP contribution in [0.25, 0.3) is 0 Å². The predicted molar refractivity (Wildman–Crippen MR) is 75.6 cm³/mol. The highest BCUT2D eigenvalue weighted by Crippen LogP contribution is 2.25. The molecule has 0 saturated carbocycles. The van der Waals surface area contributed by atoms with Gasteiger partial charge in [-0.1, -0.05) is 0 Å². The summed E-state index contributed by atoms with van der Waals surface area (Å²) < 4.78 is 33.7. The smallest absolute Gasteiger partial charge is 0.387 e. The lowest BCUT2D eigenvalue weighted by atomic mass is 10.1. The number of carboxylic acid groups (broad SMARTS) is 1. The Labute approximate surface area is 131 Å². The van der Waals surface area contributed by atoms with Crippen molar-refractivity contribution in [3.8, 4) is 5.75 Å². The number of benzene rings is 1. The molecule has 1 aromatic rings. The third kappa shape index (κ3) is 4.38. The molecule has 2 unspecified atom stereocenters. The molecule has 1 aromatic carbocycles. The second kappa shape index (κ2) is 7.36. The zero-order valence-electron chi connectivity index (χ0n) is 12.4. The summed E-state index contributed by atoms with van der Waals surface area (Å²) in [5.74, 6) is -1.40. The van der Waals surface area contributed by atoms with Gasteiger partial charge in [0.1, 0.15) is 5.75 Å². The Morgan fingerprint density at radius 3 is 2.52 bits per heavy atom. The molecule has 0 bridgehead atoms. The van der Waals surface area contributed by atoms with E-state index in [9.17, 15) is 18.4 Å². The van der Waals surface area contributed by atoms with Crippen LogP contribution in [0.15, 0.2) is 24.3 Å². The molecule has 126 valence electrons. The van der Waals surface area contributed by atoms with Gasteiger partial charge < -0.3 is 19.5 Å². The quantitative estimate of drug-likeness (QED) is 0.864. The number of methoxy groups -OCH3 is 1.